The molecule has 0 spiro atoms. The summed E-state index contributed by atoms with van der Waals surface area (Å²) in [4.78, 5) is 7.63. The number of para-hydroxylation sites is 1. The first-order valence-electron chi connectivity index (χ1n) is 8.05. The standard InChI is InChI=1S/C18H21N3OS/c1-3-5-9-21-17(22)15(20-18(21)23)10-13-11-19-16-12(4-2)7-6-8-14(13)16/h6-8,10-11,22H,3-5,9H2,1-2H3,(H,20,23)/b13-10+. The fourth-order valence-electron chi connectivity index (χ4n) is 2.84. The molecule has 0 aliphatic carbocycles. The molecule has 0 fully saturated rings. The monoisotopic (exact) mass is 327 g/mol. The van der Waals surface area contributed by atoms with E-state index in [0.717, 1.165) is 42.6 Å². The fraction of sp³-hybridized carbons (Fsp3) is 0.333. The second-order valence-corrected chi connectivity index (χ2v) is 6.08. The van der Waals surface area contributed by atoms with E-state index in [-0.39, 0.29) is 5.88 Å². The number of fused-ring (bicyclic) bond motifs is 1. The normalized spacial score (nSPS) is 14.6. The highest BCUT2D eigenvalue weighted by molar-refractivity contribution is 7.71. The maximum Gasteiger partial charge on any atom is 0.217 e. The van der Waals surface area contributed by atoms with Crippen LogP contribution in [-0.2, 0) is 13.0 Å². The van der Waals surface area contributed by atoms with E-state index in [9.17, 15) is 5.11 Å². The number of aromatic nitrogens is 2. The molecule has 1 aliphatic rings. The zero-order chi connectivity index (χ0) is 16.4. The quantitative estimate of drug-likeness (QED) is 0.770. The molecule has 0 amide bonds. The molecule has 2 heterocycles. The number of hydrogen-bond donors (Lipinski definition) is 2. The second-order valence-electron chi connectivity index (χ2n) is 5.70. The van der Waals surface area contributed by atoms with Crippen LogP contribution in [0.4, 0.5) is 5.69 Å². The molecule has 23 heavy (non-hydrogen) atoms. The molecule has 1 aromatic carbocycles. The van der Waals surface area contributed by atoms with Crippen molar-refractivity contribution in [2.75, 3.05) is 0 Å². The van der Waals surface area contributed by atoms with Gasteiger partial charge in [0.05, 0.1) is 5.69 Å². The minimum Gasteiger partial charge on any atom is -0.493 e. The van der Waals surface area contributed by atoms with E-state index >= 15 is 0 Å². The van der Waals surface area contributed by atoms with Crippen LogP contribution < -0.4 is 0 Å². The van der Waals surface area contributed by atoms with Gasteiger partial charge in [-0.25, -0.2) is 0 Å². The topological polar surface area (TPSA) is 53.3 Å². The van der Waals surface area contributed by atoms with Gasteiger partial charge in [-0.3, -0.25) is 9.56 Å². The Morgan fingerprint density at radius 1 is 1.35 bits per heavy atom. The number of aliphatic imine (C=N–C) groups is 1. The van der Waals surface area contributed by atoms with E-state index in [4.69, 9.17) is 12.2 Å². The van der Waals surface area contributed by atoms with Gasteiger partial charge in [0.1, 0.15) is 5.69 Å². The lowest BCUT2D eigenvalue weighted by Gasteiger charge is -2.04. The molecular weight excluding hydrogens is 306 g/mol. The van der Waals surface area contributed by atoms with Gasteiger partial charge in [0.25, 0.3) is 0 Å². The molecular formula is C18H21N3OS. The van der Waals surface area contributed by atoms with Gasteiger partial charge in [0.15, 0.2) is 4.77 Å². The van der Waals surface area contributed by atoms with Crippen LogP contribution in [0.3, 0.4) is 0 Å². The Labute approximate surface area is 141 Å². The maximum absolute atomic E-state index is 10.4. The highest BCUT2D eigenvalue weighted by Gasteiger charge is 2.16. The highest BCUT2D eigenvalue weighted by atomic mass is 32.1. The number of H-pyrrole nitrogens is 1. The van der Waals surface area contributed by atoms with E-state index in [2.05, 4.69) is 42.0 Å². The average molecular weight is 327 g/mol. The van der Waals surface area contributed by atoms with Crippen molar-refractivity contribution in [3.63, 3.8) is 0 Å². The first-order valence-corrected chi connectivity index (χ1v) is 8.46. The van der Waals surface area contributed by atoms with Crippen molar-refractivity contribution in [2.45, 2.75) is 39.7 Å². The zero-order valence-electron chi connectivity index (χ0n) is 13.5. The lowest BCUT2D eigenvalue weighted by Crippen LogP contribution is -1.96. The molecule has 5 heteroatoms. The van der Waals surface area contributed by atoms with Crippen molar-refractivity contribution in [1.29, 1.82) is 0 Å². The van der Waals surface area contributed by atoms with Crippen LogP contribution >= 0.6 is 12.2 Å². The predicted molar refractivity (Wildman–Crippen MR) is 98.0 cm³/mol. The largest absolute Gasteiger partial charge is 0.493 e. The van der Waals surface area contributed by atoms with E-state index in [1.54, 1.807) is 4.57 Å². The van der Waals surface area contributed by atoms with Gasteiger partial charge in [-0.15, -0.1) is 0 Å². The first-order chi connectivity index (χ1) is 11.2. The molecule has 120 valence electrons. The Bertz CT molecular complexity index is 842. The summed E-state index contributed by atoms with van der Waals surface area (Å²) in [6.45, 7) is 4.97. The Morgan fingerprint density at radius 2 is 2.17 bits per heavy atom. The van der Waals surface area contributed by atoms with Crippen LogP contribution in [0, 0.1) is 4.77 Å². The molecule has 3 rings (SSSR count). The second kappa shape index (κ2) is 6.54. The van der Waals surface area contributed by atoms with Crippen molar-refractivity contribution in [1.82, 2.24) is 9.55 Å². The van der Waals surface area contributed by atoms with Gasteiger partial charge in [-0.2, -0.15) is 0 Å². The van der Waals surface area contributed by atoms with Crippen LogP contribution in [0.2, 0.25) is 0 Å². The summed E-state index contributed by atoms with van der Waals surface area (Å²) in [6, 6.07) is 6.22. The summed E-state index contributed by atoms with van der Waals surface area (Å²) in [5.41, 5.74) is 5.00. The molecule has 0 unspecified atom stereocenters. The summed E-state index contributed by atoms with van der Waals surface area (Å²) in [5.74, 6) is 0.199. The Hall–Kier alpha value is -2.14. The number of aromatic hydroxyl groups is 1. The van der Waals surface area contributed by atoms with Gasteiger partial charge in [0.2, 0.25) is 5.88 Å². The Morgan fingerprint density at radius 3 is 2.91 bits per heavy atom. The number of allylic oxidation sites excluding steroid dienone is 1. The van der Waals surface area contributed by atoms with Gasteiger partial charge in [0, 0.05) is 23.9 Å². The number of hydrogen-bond acceptors (Lipinski definition) is 3. The summed E-state index contributed by atoms with van der Waals surface area (Å²) in [7, 11) is 0. The molecule has 0 bridgehead atoms. The molecule has 1 aromatic heterocycles. The number of nitrogens with zero attached hydrogens (tertiary/aromatic N) is 2. The molecule has 0 atom stereocenters. The van der Waals surface area contributed by atoms with Gasteiger partial charge >= 0.3 is 0 Å². The van der Waals surface area contributed by atoms with E-state index in [1.807, 2.05) is 12.3 Å². The van der Waals surface area contributed by atoms with Gasteiger partial charge < -0.3 is 10.1 Å². The maximum atomic E-state index is 10.4. The summed E-state index contributed by atoms with van der Waals surface area (Å²) >= 11 is 5.32. The molecule has 0 saturated heterocycles. The molecule has 1 aliphatic heterocycles. The molecule has 0 radical (unpaired) electrons. The third-order valence-electron chi connectivity index (χ3n) is 4.16. The third kappa shape index (κ3) is 2.88. The predicted octanol–water partition coefficient (Wildman–Crippen LogP) is 4.87. The smallest absolute Gasteiger partial charge is 0.217 e. The van der Waals surface area contributed by atoms with Gasteiger partial charge in [-0.05, 0) is 36.7 Å². The third-order valence-corrected chi connectivity index (χ3v) is 4.49. The first kappa shape index (κ1) is 15.7. The van der Waals surface area contributed by atoms with Crippen LogP contribution in [0.25, 0.3) is 11.6 Å². The molecule has 0 saturated carbocycles. The number of aromatic amines is 1. The number of rotatable bonds is 5. The molecule has 2 aromatic rings. The van der Waals surface area contributed by atoms with Crippen LogP contribution in [0.1, 0.15) is 43.5 Å². The van der Waals surface area contributed by atoms with Crippen LogP contribution in [0.5, 0.6) is 5.88 Å². The van der Waals surface area contributed by atoms with Crippen LogP contribution in [0.15, 0.2) is 23.2 Å². The van der Waals surface area contributed by atoms with E-state index < -0.39 is 0 Å². The van der Waals surface area contributed by atoms with Gasteiger partial charge in [-0.1, -0.05) is 38.5 Å². The SMILES string of the molecule is CCCCn1c(O)c(/C=C2\C=Nc3c(CC)cccc32)[nH]c1=S. The van der Waals surface area contributed by atoms with Crippen molar-refractivity contribution in [3.05, 3.63) is 39.8 Å². The fourth-order valence-corrected chi connectivity index (χ4v) is 3.13. The van der Waals surface area contributed by atoms with E-state index in [1.165, 1.54) is 5.56 Å². The van der Waals surface area contributed by atoms with Crippen LogP contribution in [-0.4, -0.2) is 20.9 Å². The Kier molecular flexibility index (Phi) is 4.48. The number of imidazole rings is 1. The summed E-state index contributed by atoms with van der Waals surface area (Å²) in [6.07, 6.45) is 6.77. The lowest BCUT2D eigenvalue weighted by molar-refractivity contribution is 0.410. The minimum absolute atomic E-state index is 0.199. The average Bonchev–Trinajstić information content (AvgIpc) is 3.08. The number of aryl methyl sites for hydroxylation is 1. The number of unbranched alkanes of at least 4 members (excludes halogenated alkanes) is 1. The van der Waals surface area contributed by atoms with Crippen molar-refractivity contribution < 1.29 is 5.11 Å². The zero-order valence-corrected chi connectivity index (χ0v) is 14.3. The van der Waals surface area contributed by atoms with Crippen molar-refractivity contribution >= 4 is 35.8 Å². The van der Waals surface area contributed by atoms with Crippen molar-refractivity contribution in [2.24, 2.45) is 4.99 Å². The highest BCUT2D eigenvalue weighted by Crippen LogP contribution is 2.36. The molecule has 4 nitrogen and oxygen atoms in total. The van der Waals surface area contributed by atoms with E-state index in [0.29, 0.717) is 10.5 Å². The minimum atomic E-state index is 0.199. The van der Waals surface area contributed by atoms with Crippen molar-refractivity contribution in [3.8, 4) is 5.88 Å². The lowest BCUT2D eigenvalue weighted by atomic mass is 10.0. The number of benzene rings is 1. The summed E-state index contributed by atoms with van der Waals surface area (Å²) in [5, 5.41) is 10.4. The Balaban J connectivity index is 2.00. The number of nitrogens with one attached hydrogen (secondary N) is 1. The summed E-state index contributed by atoms with van der Waals surface area (Å²) < 4.78 is 2.31. The molecule has 2 N–H and O–H groups in total.